The summed E-state index contributed by atoms with van der Waals surface area (Å²) in [5, 5.41) is 3.48. The summed E-state index contributed by atoms with van der Waals surface area (Å²) in [6.07, 6.45) is 1.58. The fourth-order valence-electron chi connectivity index (χ4n) is 6.00. The van der Waals surface area contributed by atoms with Gasteiger partial charge in [0.2, 0.25) is 5.91 Å². The lowest BCUT2D eigenvalue weighted by molar-refractivity contribution is -0.120. The summed E-state index contributed by atoms with van der Waals surface area (Å²) >= 11 is 0. The molecule has 2 amide bonds. The van der Waals surface area contributed by atoms with Gasteiger partial charge in [-0.3, -0.25) is 19.5 Å². The minimum Gasteiger partial charge on any atom is -0.333 e. The van der Waals surface area contributed by atoms with Gasteiger partial charge < -0.3 is 15.1 Å². The number of halogens is 2. The first-order valence-corrected chi connectivity index (χ1v) is 13.5. The number of rotatable bonds is 7. The number of hydrogen-bond acceptors (Lipinski definition) is 5. The van der Waals surface area contributed by atoms with E-state index in [1.54, 1.807) is 11.8 Å². The lowest BCUT2D eigenvalue weighted by Crippen LogP contribution is -2.60. The molecule has 0 saturated carbocycles. The predicted octanol–water partition coefficient (Wildman–Crippen LogP) is 3.92. The zero-order chi connectivity index (χ0) is 27.2. The average Bonchev–Trinajstić information content (AvgIpc) is 3.33. The van der Waals surface area contributed by atoms with Gasteiger partial charge in [-0.2, -0.15) is 8.78 Å². The molecule has 0 unspecified atom stereocenters. The lowest BCUT2D eigenvalue weighted by Gasteiger charge is -2.41. The van der Waals surface area contributed by atoms with Gasteiger partial charge in [0.1, 0.15) is 5.69 Å². The summed E-state index contributed by atoms with van der Waals surface area (Å²) in [6.45, 7) is 10.8. The molecule has 1 fully saturated rings. The SMILES string of the molecule is CCCC(F)(F)c1cc2c(cn1)C(C)(C)CN2C(=O)CN1C[C@@H](C)NC[C@@H]1CN1Cc2ccccc2C1=O. The lowest BCUT2D eigenvalue weighted by atomic mass is 9.88. The van der Waals surface area contributed by atoms with Gasteiger partial charge in [0.15, 0.2) is 0 Å². The molecular weight excluding hydrogens is 488 g/mol. The Bertz CT molecular complexity index is 1230. The van der Waals surface area contributed by atoms with Crippen LogP contribution in [0.2, 0.25) is 0 Å². The number of pyridine rings is 1. The van der Waals surface area contributed by atoms with E-state index in [1.165, 1.54) is 12.3 Å². The van der Waals surface area contributed by atoms with E-state index in [2.05, 4.69) is 22.1 Å². The fraction of sp³-hybridized carbons (Fsp3) is 0.552. The highest BCUT2D eigenvalue weighted by Crippen LogP contribution is 2.43. The smallest absolute Gasteiger partial charge is 0.289 e. The monoisotopic (exact) mass is 525 g/mol. The Labute approximate surface area is 223 Å². The van der Waals surface area contributed by atoms with Gasteiger partial charge in [-0.15, -0.1) is 0 Å². The number of piperazine rings is 1. The first-order chi connectivity index (χ1) is 18.0. The molecule has 1 N–H and O–H groups in total. The number of nitrogens with zero attached hydrogens (tertiary/aromatic N) is 4. The molecule has 3 aliphatic heterocycles. The van der Waals surface area contributed by atoms with Crippen molar-refractivity contribution in [3.8, 4) is 0 Å². The number of hydrogen-bond donors (Lipinski definition) is 1. The minimum atomic E-state index is -3.04. The Kier molecular flexibility index (Phi) is 7.02. The van der Waals surface area contributed by atoms with Gasteiger partial charge in [0.05, 0.1) is 12.2 Å². The molecule has 0 radical (unpaired) electrons. The number of amides is 2. The van der Waals surface area contributed by atoms with Crippen molar-refractivity contribution in [2.45, 2.75) is 70.5 Å². The summed E-state index contributed by atoms with van der Waals surface area (Å²) in [5.74, 6) is -3.14. The highest BCUT2D eigenvalue weighted by Gasteiger charge is 2.42. The van der Waals surface area contributed by atoms with Crippen LogP contribution >= 0.6 is 0 Å². The minimum absolute atomic E-state index is 0.0220. The zero-order valence-electron chi connectivity index (χ0n) is 22.6. The van der Waals surface area contributed by atoms with E-state index < -0.39 is 5.92 Å². The molecule has 1 aromatic carbocycles. The van der Waals surface area contributed by atoms with Crippen molar-refractivity contribution in [1.29, 1.82) is 0 Å². The highest BCUT2D eigenvalue weighted by molar-refractivity contribution is 5.98. The van der Waals surface area contributed by atoms with Crippen LogP contribution in [0.25, 0.3) is 0 Å². The van der Waals surface area contributed by atoms with E-state index in [0.29, 0.717) is 44.8 Å². The van der Waals surface area contributed by atoms with Crippen molar-refractivity contribution in [3.05, 3.63) is 58.9 Å². The van der Waals surface area contributed by atoms with Crippen molar-refractivity contribution in [2.24, 2.45) is 0 Å². The topological polar surface area (TPSA) is 68.8 Å². The molecule has 0 spiro atoms. The number of anilines is 1. The molecule has 0 bridgehead atoms. The summed E-state index contributed by atoms with van der Waals surface area (Å²) in [7, 11) is 0. The largest absolute Gasteiger partial charge is 0.333 e. The Morgan fingerprint density at radius 2 is 2.03 bits per heavy atom. The maximum Gasteiger partial charge on any atom is 0.289 e. The number of alkyl halides is 2. The average molecular weight is 526 g/mol. The second-order valence-corrected chi connectivity index (χ2v) is 11.6. The first-order valence-electron chi connectivity index (χ1n) is 13.5. The fourth-order valence-corrected chi connectivity index (χ4v) is 6.00. The van der Waals surface area contributed by atoms with Gasteiger partial charge >= 0.3 is 0 Å². The third-order valence-corrected chi connectivity index (χ3v) is 8.09. The molecular formula is C29H37F2N5O2. The standard InChI is InChI=1S/C29H37F2N5O2/c1-5-10-29(30,31)25-11-24-23(13-33-25)28(3,4)18-36(24)26(37)17-34-14-19(2)32-12-21(34)16-35-15-20-8-6-7-9-22(20)27(35)38/h6-9,11,13,19,21,32H,5,10,12,14-18H2,1-4H3/t19-,21-/m1/s1. The van der Waals surface area contributed by atoms with Crippen LogP contribution in [-0.2, 0) is 22.7 Å². The molecule has 0 aliphatic carbocycles. The van der Waals surface area contributed by atoms with E-state index >= 15 is 0 Å². The van der Waals surface area contributed by atoms with Crippen LogP contribution in [0, 0.1) is 0 Å². The van der Waals surface area contributed by atoms with Gasteiger partial charge in [0.25, 0.3) is 11.8 Å². The summed E-state index contributed by atoms with van der Waals surface area (Å²) < 4.78 is 29.4. The number of fused-ring (bicyclic) bond motifs is 2. The Balaban J connectivity index is 1.35. The van der Waals surface area contributed by atoms with E-state index in [4.69, 9.17) is 0 Å². The summed E-state index contributed by atoms with van der Waals surface area (Å²) in [4.78, 5) is 36.5. The highest BCUT2D eigenvalue weighted by atomic mass is 19.3. The molecule has 1 aromatic heterocycles. The zero-order valence-corrected chi connectivity index (χ0v) is 22.6. The second-order valence-electron chi connectivity index (χ2n) is 11.6. The molecule has 1 saturated heterocycles. The molecule has 5 rings (SSSR count). The second kappa shape index (κ2) is 10.0. The van der Waals surface area contributed by atoms with E-state index in [1.807, 2.05) is 43.0 Å². The number of benzene rings is 1. The van der Waals surface area contributed by atoms with Gasteiger partial charge in [0, 0.05) is 74.0 Å². The van der Waals surface area contributed by atoms with Gasteiger partial charge in [-0.05, 0) is 24.6 Å². The Morgan fingerprint density at radius 1 is 1.26 bits per heavy atom. The normalized spacial score (nSPS) is 23.1. The maximum absolute atomic E-state index is 14.7. The van der Waals surface area contributed by atoms with Crippen LogP contribution in [0.15, 0.2) is 36.5 Å². The molecule has 4 heterocycles. The maximum atomic E-state index is 14.7. The Hall–Kier alpha value is -2.91. The molecule has 9 heteroatoms. The van der Waals surface area contributed by atoms with Crippen LogP contribution in [-0.4, -0.2) is 71.4 Å². The van der Waals surface area contributed by atoms with Crippen LogP contribution in [0.1, 0.15) is 67.7 Å². The summed E-state index contributed by atoms with van der Waals surface area (Å²) in [6, 6.07) is 9.23. The third kappa shape index (κ3) is 4.94. The molecule has 38 heavy (non-hydrogen) atoms. The van der Waals surface area contributed by atoms with E-state index in [0.717, 1.165) is 16.7 Å². The van der Waals surface area contributed by atoms with Crippen LogP contribution < -0.4 is 10.2 Å². The van der Waals surface area contributed by atoms with Crippen LogP contribution in [0.3, 0.4) is 0 Å². The van der Waals surface area contributed by atoms with Crippen molar-refractivity contribution in [2.75, 3.05) is 37.6 Å². The van der Waals surface area contributed by atoms with Crippen molar-refractivity contribution >= 4 is 17.5 Å². The molecule has 2 aromatic rings. The molecule has 3 aliphatic rings. The quantitative estimate of drug-likeness (QED) is 0.594. The van der Waals surface area contributed by atoms with E-state index in [9.17, 15) is 18.4 Å². The van der Waals surface area contributed by atoms with E-state index in [-0.39, 0.29) is 48.0 Å². The summed E-state index contributed by atoms with van der Waals surface area (Å²) in [5.41, 5.74) is 2.44. The number of carbonyl (C=O) groups excluding carboxylic acids is 2. The number of carbonyl (C=O) groups is 2. The predicted molar refractivity (Wildman–Crippen MR) is 142 cm³/mol. The van der Waals surface area contributed by atoms with Crippen LogP contribution in [0.5, 0.6) is 0 Å². The molecule has 7 nitrogen and oxygen atoms in total. The van der Waals surface area contributed by atoms with Crippen molar-refractivity contribution in [3.63, 3.8) is 0 Å². The van der Waals surface area contributed by atoms with Crippen LogP contribution in [0.4, 0.5) is 14.5 Å². The molecule has 204 valence electrons. The number of nitrogens with one attached hydrogen (secondary N) is 1. The Morgan fingerprint density at radius 3 is 2.76 bits per heavy atom. The third-order valence-electron chi connectivity index (χ3n) is 8.09. The molecule has 2 atom stereocenters. The van der Waals surface area contributed by atoms with Crippen molar-refractivity contribution < 1.29 is 18.4 Å². The first kappa shape index (κ1) is 26.7. The van der Waals surface area contributed by atoms with Gasteiger partial charge in [-0.1, -0.05) is 45.4 Å². The van der Waals surface area contributed by atoms with Gasteiger partial charge in [-0.25, -0.2) is 0 Å². The number of aromatic nitrogens is 1. The van der Waals surface area contributed by atoms with Crippen molar-refractivity contribution in [1.82, 2.24) is 20.1 Å².